The first kappa shape index (κ1) is 32.4. The first-order valence-electron chi connectivity index (χ1n) is 17.1. The predicted molar refractivity (Wildman–Crippen MR) is 183 cm³/mol. The Balaban J connectivity index is 1.13. The lowest BCUT2D eigenvalue weighted by atomic mass is 9.59. The number of benzene rings is 2. The van der Waals surface area contributed by atoms with Crippen LogP contribution in [-0.2, 0) is 29.7 Å². The largest absolute Gasteiger partial charge is 0.493 e. The summed E-state index contributed by atoms with van der Waals surface area (Å²) in [6.45, 7) is 5.39. The molecule has 10 nitrogen and oxygen atoms in total. The van der Waals surface area contributed by atoms with E-state index in [1.165, 1.54) is 28.8 Å². The number of halogens is 1. The number of rotatable bonds is 11. The molecule has 3 aliphatic rings. The molecule has 0 bridgehead atoms. The van der Waals surface area contributed by atoms with Gasteiger partial charge in [-0.15, -0.1) is 10.2 Å². The number of carbonyl (C=O) groups is 1. The number of tetrazole rings is 1. The van der Waals surface area contributed by atoms with Crippen LogP contribution in [0.5, 0.6) is 11.5 Å². The van der Waals surface area contributed by atoms with E-state index >= 15 is 0 Å². The molecule has 2 aromatic carbocycles. The number of hydrogen-bond donors (Lipinski definition) is 3. The van der Waals surface area contributed by atoms with Crippen LogP contribution in [0.15, 0.2) is 54.7 Å². The molecule has 0 aliphatic heterocycles. The van der Waals surface area contributed by atoms with E-state index in [9.17, 15) is 9.90 Å². The number of pyridine rings is 1. The van der Waals surface area contributed by atoms with Gasteiger partial charge in [0.2, 0.25) is 5.82 Å². The lowest BCUT2D eigenvalue weighted by Crippen LogP contribution is -2.53. The third-order valence-electron chi connectivity index (χ3n) is 11.0. The smallest absolute Gasteiger partial charge is 0.329 e. The fourth-order valence-electron chi connectivity index (χ4n) is 8.56. The maximum absolute atomic E-state index is 12.9. The molecule has 1 fully saturated rings. The Hall–Kier alpha value is -4.18. The zero-order valence-electron chi connectivity index (χ0n) is 27.5. The minimum absolute atomic E-state index is 0.186. The fraction of sp³-hybridized carbons (Fsp3) is 0.486. The van der Waals surface area contributed by atoms with Crippen LogP contribution in [0.1, 0.15) is 92.9 Å². The van der Waals surface area contributed by atoms with E-state index in [0.717, 1.165) is 55.7 Å². The molecule has 11 heteroatoms. The zero-order valence-corrected chi connectivity index (χ0v) is 28.3. The van der Waals surface area contributed by atoms with Crippen LogP contribution in [0, 0.1) is 11.8 Å². The number of ether oxygens (including phenoxy) is 2. The quantitative estimate of drug-likeness (QED) is 0.150. The second-order valence-corrected chi connectivity index (χ2v) is 14.6. The standard InChI is InChI=1S/C37H43ClN6O4/c1-23(21-48-32-11-16-39-31-8-3-5-24(2)34(31)32)17-26-18-25-9-10-29(47-22-33-41-43-44-42-33)20-30(25)36(26)12-14-37(15-13-36,35(45)46)40-28-7-4-6-27(38)19-28/h4,6-7,9-11,16,19-20,23-24,26,40H,3,5,8,12-15,17-18,21-22H2,1-2H3,(H,45,46)(H,41,42,43,44)/t23-,24-,26+,36?,37?/m1/s1. The fourth-order valence-corrected chi connectivity index (χ4v) is 8.75. The van der Waals surface area contributed by atoms with Crippen molar-refractivity contribution in [1.82, 2.24) is 25.6 Å². The Morgan fingerprint density at radius 2 is 2.00 bits per heavy atom. The van der Waals surface area contributed by atoms with E-state index in [0.29, 0.717) is 48.0 Å². The number of aromatic nitrogens is 5. The van der Waals surface area contributed by atoms with Crippen LogP contribution < -0.4 is 14.8 Å². The summed E-state index contributed by atoms with van der Waals surface area (Å²) in [5.41, 5.74) is 4.49. The molecular formula is C37H43ClN6O4. The number of aromatic amines is 1. The van der Waals surface area contributed by atoms with Crippen LogP contribution in [0.25, 0.3) is 0 Å². The summed E-state index contributed by atoms with van der Waals surface area (Å²) in [5, 5.41) is 28.7. The van der Waals surface area contributed by atoms with E-state index in [2.05, 4.69) is 56.9 Å². The minimum Gasteiger partial charge on any atom is -0.493 e. The number of nitrogens with zero attached hydrogens (tertiary/aromatic N) is 4. The van der Waals surface area contributed by atoms with Crippen molar-refractivity contribution in [3.63, 3.8) is 0 Å². The van der Waals surface area contributed by atoms with Gasteiger partial charge in [-0.05, 0) is 128 Å². The average Bonchev–Trinajstić information content (AvgIpc) is 3.70. The number of carboxylic acids is 1. The molecule has 0 amide bonds. The highest BCUT2D eigenvalue weighted by atomic mass is 35.5. The number of H-pyrrole nitrogens is 1. The normalized spacial score (nSPS) is 25.2. The van der Waals surface area contributed by atoms with Crippen molar-refractivity contribution in [3.05, 3.63) is 88.0 Å². The van der Waals surface area contributed by atoms with Gasteiger partial charge >= 0.3 is 5.97 Å². The molecule has 0 unspecified atom stereocenters. The zero-order chi connectivity index (χ0) is 33.3. The van der Waals surface area contributed by atoms with Crippen molar-refractivity contribution in [1.29, 1.82) is 0 Å². The number of carboxylic acid groups (broad SMARTS) is 1. The van der Waals surface area contributed by atoms with Gasteiger partial charge in [-0.3, -0.25) is 4.98 Å². The van der Waals surface area contributed by atoms with Crippen LogP contribution in [0.4, 0.5) is 5.69 Å². The van der Waals surface area contributed by atoms with E-state index in [4.69, 9.17) is 21.1 Å². The molecule has 1 spiro atoms. The van der Waals surface area contributed by atoms with E-state index in [1.807, 2.05) is 30.5 Å². The molecule has 0 radical (unpaired) electrons. The van der Waals surface area contributed by atoms with Crippen molar-refractivity contribution in [2.75, 3.05) is 11.9 Å². The van der Waals surface area contributed by atoms with Gasteiger partial charge < -0.3 is 19.9 Å². The highest BCUT2D eigenvalue weighted by Crippen LogP contribution is 2.57. The Morgan fingerprint density at radius 3 is 2.77 bits per heavy atom. The summed E-state index contributed by atoms with van der Waals surface area (Å²) < 4.78 is 12.7. The highest BCUT2D eigenvalue weighted by Gasteiger charge is 2.54. The Labute approximate surface area is 286 Å². The molecular weight excluding hydrogens is 628 g/mol. The van der Waals surface area contributed by atoms with Gasteiger partial charge in [0.15, 0.2) is 6.61 Å². The SMILES string of the molecule is C[C@@H](COc1ccnc2c1[C@H](C)CCC2)C[C@H]1Cc2ccc(OCc3nn[nH]n3)cc2C12CCC(Nc1cccc(Cl)c1)(C(=O)O)CC2. The maximum atomic E-state index is 12.9. The van der Waals surface area contributed by atoms with Gasteiger partial charge in [-0.25, -0.2) is 4.79 Å². The van der Waals surface area contributed by atoms with Crippen molar-refractivity contribution < 1.29 is 19.4 Å². The summed E-state index contributed by atoms with van der Waals surface area (Å²) in [6.07, 6.45) is 9.60. The first-order chi connectivity index (χ1) is 23.2. The number of anilines is 1. The number of aryl methyl sites for hydroxylation is 1. The second-order valence-electron chi connectivity index (χ2n) is 14.1. The van der Waals surface area contributed by atoms with Crippen LogP contribution in [0.3, 0.4) is 0 Å². The molecule has 1 saturated carbocycles. The number of fused-ring (bicyclic) bond motifs is 3. The van der Waals surface area contributed by atoms with Crippen LogP contribution in [-0.4, -0.2) is 48.8 Å². The maximum Gasteiger partial charge on any atom is 0.329 e. The average molecular weight is 671 g/mol. The van der Waals surface area contributed by atoms with E-state index in [1.54, 1.807) is 12.1 Å². The summed E-state index contributed by atoms with van der Waals surface area (Å²) in [4.78, 5) is 17.6. The number of hydrogen-bond acceptors (Lipinski definition) is 8. The number of nitrogens with one attached hydrogen (secondary N) is 2. The number of aliphatic carboxylic acids is 1. The van der Waals surface area contributed by atoms with Gasteiger partial charge in [-0.2, -0.15) is 5.21 Å². The first-order valence-corrected chi connectivity index (χ1v) is 17.5. The third kappa shape index (κ3) is 6.34. The molecule has 3 N–H and O–H groups in total. The Kier molecular flexibility index (Phi) is 9.02. The van der Waals surface area contributed by atoms with E-state index < -0.39 is 11.5 Å². The van der Waals surface area contributed by atoms with Crippen molar-refractivity contribution in [2.24, 2.45) is 11.8 Å². The van der Waals surface area contributed by atoms with Crippen molar-refractivity contribution in [3.8, 4) is 11.5 Å². The molecule has 0 saturated heterocycles. The van der Waals surface area contributed by atoms with Gasteiger partial charge in [-0.1, -0.05) is 42.8 Å². The van der Waals surface area contributed by atoms with Crippen LogP contribution in [0.2, 0.25) is 5.02 Å². The molecule has 2 heterocycles. The molecule has 48 heavy (non-hydrogen) atoms. The topological polar surface area (TPSA) is 135 Å². The van der Waals surface area contributed by atoms with Gasteiger partial charge in [0.1, 0.15) is 17.0 Å². The third-order valence-corrected chi connectivity index (χ3v) is 11.3. The molecule has 3 aliphatic carbocycles. The molecule has 252 valence electrons. The second kappa shape index (κ2) is 13.4. The van der Waals surface area contributed by atoms with Crippen molar-refractivity contribution in [2.45, 2.75) is 95.1 Å². The summed E-state index contributed by atoms with van der Waals surface area (Å²) in [5.74, 6) is 2.46. The van der Waals surface area contributed by atoms with E-state index in [-0.39, 0.29) is 12.0 Å². The Bertz CT molecular complexity index is 1760. The molecule has 4 aromatic rings. The summed E-state index contributed by atoms with van der Waals surface area (Å²) >= 11 is 6.26. The van der Waals surface area contributed by atoms with Gasteiger partial charge in [0.05, 0.1) is 6.61 Å². The summed E-state index contributed by atoms with van der Waals surface area (Å²) in [7, 11) is 0. The van der Waals surface area contributed by atoms with Crippen molar-refractivity contribution >= 4 is 23.3 Å². The lowest BCUT2D eigenvalue weighted by molar-refractivity contribution is -0.144. The Morgan fingerprint density at radius 1 is 1.15 bits per heavy atom. The monoisotopic (exact) mass is 670 g/mol. The lowest BCUT2D eigenvalue weighted by Gasteiger charge is -2.47. The molecule has 7 rings (SSSR count). The highest BCUT2D eigenvalue weighted by molar-refractivity contribution is 6.30. The minimum atomic E-state index is -1.08. The predicted octanol–water partition coefficient (Wildman–Crippen LogP) is 7.29. The summed E-state index contributed by atoms with van der Waals surface area (Å²) in [6, 6.07) is 15.7. The van der Waals surface area contributed by atoms with Crippen LogP contribution >= 0.6 is 11.6 Å². The van der Waals surface area contributed by atoms with Gasteiger partial charge in [0, 0.05) is 28.2 Å². The molecule has 2 aromatic heterocycles. The van der Waals surface area contributed by atoms with Gasteiger partial charge in [0.25, 0.3) is 0 Å². The molecule has 3 atom stereocenters.